The first kappa shape index (κ1) is 24.6. The van der Waals surface area contributed by atoms with Gasteiger partial charge in [0.15, 0.2) is 0 Å². The van der Waals surface area contributed by atoms with Crippen LogP contribution in [0.15, 0.2) is 77.7 Å². The number of carbonyl (C=O) groups excluding carboxylic acids is 1. The van der Waals surface area contributed by atoms with E-state index in [4.69, 9.17) is 11.6 Å². The number of nitrogens with zero attached hydrogens (tertiary/aromatic N) is 1. The zero-order valence-electron chi connectivity index (χ0n) is 17.4. The van der Waals surface area contributed by atoms with Crippen LogP contribution in [0.2, 0.25) is 5.02 Å². The molecule has 0 unspecified atom stereocenters. The number of aryl methyl sites for hydroxylation is 1. The second-order valence-corrected chi connectivity index (χ2v) is 9.57. The number of hydrogen-bond acceptors (Lipinski definition) is 3. The number of alkyl halides is 3. The lowest BCUT2D eigenvalue weighted by Gasteiger charge is -2.24. The number of nitrogens with one attached hydrogen (secondary N) is 1. The molecule has 0 aliphatic carbocycles. The average Bonchev–Trinajstić information content (AvgIpc) is 2.76. The molecule has 0 spiro atoms. The molecule has 3 aromatic carbocycles. The molecule has 1 N–H and O–H groups in total. The Balaban J connectivity index is 1.82. The average molecular weight is 497 g/mol. The van der Waals surface area contributed by atoms with E-state index in [1.165, 1.54) is 48.5 Å². The van der Waals surface area contributed by atoms with Crippen molar-refractivity contribution in [1.82, 2.24) is 5.32 Å². The number of carbonyl (C=O) groups is 1. The van der Waals surface area contributed by atoms with Crippen LogP contribution in [-0.2, 0) is 27.5 Å². The zero-order valence-corrected chi connectivity index (χ0v) is 19.0. The Morgan fingerprint density at radius 1 is 1.00 bits per heavy atom. The van der Waals surface area contributed by atoms with Gasteiger partial charge in [-0.05, 0) is 61.0 Å². The molecular weight excluding hydrogens is 477 g/mol. The second kappa shape index (κ2) is 9.84. The van der Waals surface area contributed by atoms with Gasteiger partial charge in [-0.2, -0.15) is 13.2 Å². The number of amides is 1. The van der Waals surface area contributed by atoms with Crippen LogP contribution in [0.4, 0.5) is 18.9 Å². The van der Waals surface area contributed by atoms with Crippen molar-refractivity contribution in [2.24, 2.45) is 0 Å². The third-order valence-corrected chi connectivity index (χ3v) is 6.79. The van der Waals surface area contributed by atoms with Crippen LogP contribution in [0.1, 0.15) is 16.7 Å². The standard InChI is InChI=1S/C23H20ClF3N2O3S/c1-16-5-11-21(12-6-16)33(31,32)29(20-9-7-19(24)8-10-20)15-22(30)28-14-17-3-2-4-18(13-17)23(25,26)27/h2-13H,14-15H2,1H3,(H,28,30). The Morgan fingerprint density at radius 2 is 1.64 bits per heavy atom. The third-order valence-electron chi connectivity index (χ3n) is 4.75. The van der Waals surface area contributed by atoms with Gasteiger partial charge in [-0.25, -0.2) is 8.42 Å². The predicted octanol–water partition coefficient (Wildman–Crippen LogP) is 5.18. The molecule has 0 aliphatic heterocycles. The molecule has 0 radical (unpaired) electrons. The summed E-state index contributed by atoms with van der Waals surface area (Å²) >= 11 is 5.91. The largest absolute Gasteiger partial charge is 0.416 e. The highest BCUT2D eigenvalue weighted by molar-refractivity contribution is 7.92. The van der Waals surface area contributed by atoms with E-state index in [0.717, 1.165) is 22.0 Å². The molecule has 1 amide bonds. The molecule has 10 heteroatoms. The first-order chi connectivity index (χ1) is 15.5. The van der Waals surface area contributed by atoms with Crippen LogP contribution in [0, 0.1) is 6.92 Å². The Labute approximate surface area is 194 Å². The van der Waals surface area contributed by atoms with E-state index in [-0.39, 0.29) is 22.7 Å². The van der Waals surface area contributed by atoms with Crippen molar-refractivity contribution < 1.29 is 26.4 Å². The minimum Gasteiger partial charge on any atom is -0.350 e. The van der Waals surface area contributed by atoms with Crippen LogP contribution in [0.3, 0.4) is 0 Å². The Kier molecular flexibility index (Phi) is 7.34. The van der Waals surface area contributed by atoms with Gasteiger partial charge >= 0.3 is 6.18 Å². The first-order valence-electron chi connectivity index (χ1n) is 9.74. The first-order valence-corrected chi connectivity index (χ1v) is 11.6. The maximum atomic E-state index is 13.3. The summed E-state index contributed by atoms with van der Waals surface area (Å²) in [5.41, 5.74) is 0.483. The van der Waals surface area contributed by atoms with Crippen LogP contribution in [-0.4, -0.2) is 20.9 Å². The van der Waals surface area contributed by atoms with E-state index < -0.39 is 34.2 Å². The van der Waals surface area contributed by atoms with Gasteiger partial charge in [0.25, 0.3) is 10.0 Å². The Morgan fingerprint density at radius 3 is 2.24 bits per heavy atom. The van der Waals surface area contributed by atoms with E-state index >= 15 is 0 Å². The summed E-state index contributed by atoms with van der Waals surface area (Å²) in [6.45, 7) is 1.05. The van der Waals surface area contributed by atoms with Gasteiger partial charge in [0, 0.05) is 11.6 Å². The van der Waals surface area contributed by atoms with Crippen molar-refractivity contribution >= 4 is 33.2 Å². The molecule has 0 atom stereocenters. The van der Waals surface area contributed by atoms with Gasteiger partial charge in [-0.3, -0.25) is 9.10 Å². The third kappa shape index (κ3) is 6.27. The highest BCUT2D eigenvalue weighted by atomic mass is 35.5. The number of benzene rings is 3. The lowest BCUT2D eigenvalue weighted by atomic mass is 10.1. The van der Waals surface area contributed by atoms with Crippen LogP contribution >= 0.6 is 11.6 Å². The molecule has 5 nitrogen and oxygen atoms in total. The fourth-order valence-electron chi connectivity index (χ4n) is 3.00. The molecule has 0 aliphatic rings. The van der Waals surface area contributed by atoms with Crippen molar-refractivity contribution in [3.8, 4) is 0 Å². The molecule has 0 saturated heterocycles. The number of sulfonamides is 1. The monoisotopic (exact) mass is 496 g/mol. The topological polar surface area (TPSA) is 66.5 Å². The number of halogens is 4. The summed E-state index contributed by atoms with van der Waals surface area (Å²) in [4.78, 5) is 12.6. The molecule has 174 valence electrons. The SMILES string of the molecule is Cc1ccc(S(=O)(=O)N(CC(=O)NCc2cccc(C(F)(F)F)c2)c2ccc(Cl)cc2)cc1. The summed E-state index contributed by atoms with van der Waals surface area (Å²) in [5, 5.41) is 2.87. The van der Waals surface area contributed by atoms with E-state index in [1.807, 2.05) is 6.92 Å². The molecule has 0 fully saturated rings. The van der Waals surface area contributed by atoms with Crippen LogP contribution < -0.4 is 9.62 Å². The molecule has 3 rings (SSSR count). The van der Waals surface area contributed by atoms with Crippen molar-refractivity contribution in [2.45, 2.75) is 24.5 Å². The van der Waals surface area contributed by atoms with E-state index in [9.17, 15) is 26.4 Å². The number of anilines is 1. The quantitative estimate of drug-likeness (QED) is 0.490. The molecule has 3 aromatic rings. The maximum absolute atomic E-state index is 13.3. The molecule has 33 heavy (non-hydrogen) atoms. The lowest BCUT2D eigenvalue weighted by Crippen LogP contribution is -2.40. The fourth-order valence-corrected chi connectivity index (χ4v) is 4.55. The molecule has 0 saturated carbocycles. The van der Waals surface area contributed by atoms with Gasteiger partial charge < -0.3 is 5.32 Å². The van der Waals surface area contributed by atoms with Gasteiger partial charge in [0.2, 0.25) is 5.91 Å². The second-order valence-electron chi connectivity index (χ2n) is 7.28. The summed E-state index contributed by atoms with van der Waals surface area (Å²) < 4.78 is 66.2. The van der Waals surface area contributed by atoms with Crippen LogP contribution in [0.25, 0.3) is 0 Å². The van der Waals surface area contributed by atoms with E-state index in [2.05, 4.69) is 5.32 Å². The van der Waals surface area contributed by atoms with Crippen molar-refractivity contribution in [3.63, 3.8) is 0 Å². The van der Waals surface area contributed by atoms with E-state index in [1.54, 1.807) is 12.1 Å². The highest BCUT2D eigenvalue weighted by Crippen LogP contribution is 2.29. The highest BCUT2D eigenvalue weighted by Gasteiger charge is 2.30. The summed E-state index contributed by atoms with van der Waals surface area (Å²) in [7, 11) is -4.11. The minimum absolute atomic E-state index is 0.00581. The van der Waals surface area contributed by atoms with Crippen molar-refractivity contribution in [1.29, 1.82) is 0 Å². The number of hydrogen-bond donors (Lipinski definition) is 1. The lowest BCUT2D eigenvalue weighted by molar-refractivity contribution is -0.137. The summed E-state index contributed by atoms with van der Waals surface area (Å²) in [6, 6.07) is 16.6. The van der Waals surface area contributed by atoms with E-state index in [0.29, 0.717) is 5.02 Å². The van der Waals surface area contributed by atoms with Gasteiger partial charge in [0.05, 0.1) is 16.1 Å². The van der Waals surface area contributed by atoms with Crippen LogP contribution in [0.5, 0.6) is 0 Å². The maximum Gasteiger partial charge on any atom is 0.416 e. The van der Waals surface area contributed by atoms with Gasteiger partial charge in [-0.1, -0.05) is 41.4 Å². The van der Waals surface area contributed by atoms with Gasteiger partial charge in [-0.15, -0.1) is 0 Å². The van der Waals surface area contributed by atoms with Gasteiger partial charge in [0.1, 0.15) is 6.54 Å². The molecular formula is C23H20ClF3N2O3S. The smallest absolute Gasteiger partial charge is 0.350 e. The summed E-state index contributed by atoms with van der Waals surface area (Å²) in [5.74, 6) is -0.682. The minimum atomic E-state index is -4.51. The predicted molar refractivity (Wildman–Crippen MR) is 120 cm³/mol. The normalized spacial score (nSPS) is 11.8. The zero-order chi connectivity index (χ0) is 24.2. The molecule has 0 aromatic heterocycles. The molecule has 0 bridgehead atoms. The fraction of sp³-hybridized carbons (Fsp3) is 0.174. The summed E-state index contributed by atoms with van der Waals surface area (Å²) in [6.07, 6.45) is -4.51. The van der Waals surface area contributed by atoms with Crippen molar-refractivity contribution in [3.05, 3.63) is 94.5 Å². The number of rotatable bonds is 7. The molecule has 0 heterocycles. The Hall–Kier alpha value is -3.04. The van der Waals surface area contributed by atoms with Crippen molar-refractivity contribution in [2.75, 3.05) is 10.8 Å². The Bertz CT molecular complexity index is 1230.